The number of hydrogen-bond donors (Lipinski definition) is 0. The van der Waals surface area contributed by atoms with Crippen LogP contribution in [0.1, 0.15) is 22.3 Å². The van der Waals surface area contributed by atoms with E-state index in [1.165, 1.54) is 44.8 Å². The maximum atomic E-state index is 2.38. The molecule has 0 unspecified atom stereocenters. The third-order valence-corrected chi connectivity index (χ3v) is 6.55. The van der Waals surface area contributed by atoms with Gasteiger partial charge in [0.2, 0.25) is 0 Å². The molecule has 4 aromatic carbocycles. The van der Waals surface area contributed by atoms with E-state index in [0.717, 1.165) is 0 Å². The first-order valence-electron chi connectivity index (χ1n) is 10.8. The molecule has 0 bridgehead atoms. The van der Waals surface area contributed by atoms with Crippen molar-refractivity contribution < 1.29 is 0 Å². The fourth-order valence-electron chi connectivity index (χ4n) is 5.02. The van der Waals surface area contributed by atoms with E-state index < -0.39 is 0 Å². The number of hydrogen-bond acceptors (Lipinski definition) is 2. The van der Waals surface area contributed by atoms with Gasteiger partial charge in [-0.05, 0) is 57.6 Å². The van der Waals surface area contributed by atoms with Gasteiger partial charge in [-0.1, -0.05) is 72.8 Å². The summed E-state index contributed by atoms with van der Waals surface area (Å²) in [5, 5.41) is 0. The van der Waals surface area contributed by atoms with Crippen molar-refractivity contribution in [3.05, 3.63) is 119 Å². The fourth-order valence-corrected chi connectivity index (χ4v) is 5.02. The summed E-state index contributed by atoms with van der Waals surface area (Å²) < 4.78 is 0. The molecule has 0 saturated heterocycles. The first-order chi connectivity index (χ1) is 15.0. The molecular formula is C29H28N2. The summed E-state index contributed by atoms with van der Waals surface area (Å²) in [5.41, 5.74) is 10.0. The minimum Gasteiger partial charge on any atom is -0.378 e. The highest BCUT2D eigenvalue weighted by Gasteiger charge is 2.46. The fraction of sp³-hybridized carbons (Fsp3) is 0.172. The summed E-state index contributed by atoms with van der Waals surface area (Å²) in [6.45, 7) is 0. The van der Waals surface area contributed by atoms with E-state index in [1.807, 2.05) is 0 Å². The van der Waals surface area contributed by atoms with Crippen LogP contribution in [0, 0.1) is 0 Å². The second kappa shape index (κ2) is 7.31. The van der Waals surface area contributed by atoms with Crippen LogP contribution in [0.25, 0.3) is 11.1 Å². The molecule has 4 aromatic rings. The van der Waals surface area contributed by atoms with Gasteiger partial charge < -0.3 is 9.80 Å². The van der Waals surface area contributed by atoms with Crippen molar-refractivity contribution in [3.8, 4) is 11.1 Å². The van der Waals surface area contributed by atoms with Crippen LogP contribution in [0.5, 0.6) is 0 Å². The van der Waals surface area contributed by atoms with Crippen molar-refractivity contribution in [2.75, 3.05) is 38.0 Å². The molecule has 0 N–H and O–H groups in total. The van der Waals surface area contributed by atoms with E-state index in [-0.39, 0.29) is 5.41 Å². The smallest absolute Gasteiger partial charge is 0.0715 e. The molecule has 0 amide bonds. The quantitative estimate of drug-likeness (QED) is 0.353. The Morgan fingerprint density at radius 3 is 1.23 bits per heavy atom. The largest absolute Gasteiger partial charge is 0.378 e. The first-order valence-corrected chi connectivity index (χ1v) is 10.8. The maximum absolute atomic E-state index is 2.38. The molecule has 0 fully saturated rings. The molecule has 2 nitrogen and oxygen atoms in total. The van der Waals surface area contributed by atoms with Gasteiger partial charge in [-0.2, -0.15) is 0 Å². The molecule has 154 valence electrons. The monoisotopic (exact) mass is 404 g/mol. The van der Waals surface area contributed by atoms with Crippen LogP contribution in [0.4, 0.5) is 11.4 Å². The Balaban J connectivity index is 1.96. The Morgan fingerprint density at radius 1 is 0.484 bits per heavy atom. The summed E-state index contributed by atoms with van der Waals surface area (Å²) in [6, 6.07) is 35.7. The van der Waals surface area contributed by atoms with Crippen LogP contribution in [0.15, 0.2) is 97.1 Å². The van der Waals surface area contributed by atoms with Crippen LogP contribution >= 0.6 is 0 Å². The second-order valence-corrected chi connectivity index (χ2v) is 8.73. The Hall–Kier alpha value is -3.52. The van der Waals surface area contributed by atoms with Crippen LogP contribution in [0.3, 0.4) is 0 Å². The molecule has 0 atom stereocenters. The minimum atomic E-state index is -0.356. The van der Waals surface area contributed by atoms with Gasteiger partial charge in [0, 0.05) is 39.6 Å². The molecule has 0 radical (unpaired) electrons. The number of fused-ring (bicyclic) bond motifs is 3. The highest BCUT2D eigenvalue weighted by molar-refractivity contribution is 5.88. The molecule has 2 heteroatoms. The van der Waals surface area contributed by atoms with Crippen LogP contribution < -0.4 is 9.80 Å². The van der Waals surface area contributed by atoms with Crippen LogP contribution in [-0.4, -0.2) is 28.2 Å². The highest BCUT2D eigenvalue weighted by atomic mass is 15.1. The molecule has 1 aliphatic carbocycles. The molecule has 1 aliphatic rings. The molecule has 0 heterocycles. The van der Waals surface area contributed by atoms with E-state index in [0.29, 0.717) is 0 Å². The lowest BCUT2D eigenvalue weighted by Crippen LogP contribution is -2.29. The van der Waals surface area contributed by atoms with Crippen molar-refractivity contribution in [1.29, 1.82) is 0 Å². The zero-order chi connectivity index (χ0) is 21.6. The summed E-state index contributed by atoms with van der Waals surface area (Å²) in [6.07, 6.45) is 0. The van der Waals surface area contributed by atoms with Gasteiger partial charge in [0.05, 0.1) is 5.41 Å². The van der Waals surface area contributed by atoms with Crippen LogP contribution in [0.2, 0.25) is 0 Å². The van der Waals surface area contributed by atoms with Crippen molar-refractivity contribution in [2.24, 2.45) is 0 Å². The van der Waals surface area contributed by atoms with Gasteiger partial charge >= 0.3 is 0 Å². The van der Waals surface area contributed by atoms with E-state index >= 15 is 0 Å². The normalized spacial score (nSPS) is 13.4. The average molecular weight is 405 g/mol. The predicted octanol–water partition coefficient (Wildman–Crippen LogP) is 6.18. The molecule has 0 aliphatic heterocycles. The third-order valence-electron chi connectivity index (χ3n) is 6.55. The summed E-state index contributed by atoms with van der Waals surface area (Å²) >= 11 is 0. The van der Waals surface area contributed by atoms with Crippen molar-refractivity contribution in [3.63, 3.8) is 0 Å². The summed E-state index contributed by atoms with van der Waals surface area (Å²) in [5.74, 6) is 0. The Kier molecular flexibility index (Phi) is 4.59. The lowest BCUT2D eigenvalue weighted by atomic mass is 9.67. The van der Waals surface area contributed by atoms with Gasteiger partial charge in [0.15, 0.2) is 0 Å². The van der Waals surface area contributed by atoms with Gasteiger partial charge in [-0.15, -0.1) is 0 Å². The van der Waals surface area contributed by atoms with Gasteiger partial charge in [-0.3, -0.25) is 0 Å². The Morgan fingerprint density at radius 2 is 0.871 bits per heavy atom. The second-order valence-electron chi connectivity index (χ2n) is 8.73. The van der Waals surface area contributed by atoms with Crippen molar-refractivity contribution in [2.45, 2.75) is 5.41 Å². The lowest BCUT2D eigenvalue weighted by molar-refractivity contribution is 0.767. The number of nitrogens with zero attached hydrogens (tertiary/aromatic N) is 2. The summed E-state index contributed by atoms with van der Waals surface area (Å²) in [4.78, 5) is 4.38. The van der Waals surface area contributed by atoms with Gasteiger partial charge in [0.1, 0.15) is 0 Å². The van der Waals surface area contributed by atoms with E-state index in [2.05, 4.69) is 135 Å². The molecule has 0 aromatic heterocycles. The van der Waals surface area contributed by atoms with Gasteiger partial charge in [-0.25, -0.2) is 0 Å². The Labute approximate surface area is 185 Å². The highest BCUT2D eigenvalue weighted by Crippen LogP contribution is 2.57. The van der Waals surface area contributed by atoms with E-state index in [9.17, 15) is 0 Å². The number of rotatable bonds is 4. The molecule has 5 rings (SSSR count). The average Bonchev–Trinajstić information content (AvgIpc) is 3.10. The zero-order valence-electron chi connectivity index (χ0n) is 18.6. The zero-order valence-corrected chi connectivity index (χ0v) is 18.6. The van der Waals surface area contributed by atoms with Gasteiger partial charge in [0.25, 0.3) is 0 Å². The first kappa shape index (κ1) is 19.4. The Bertz CT molecular complexity index is 1130. The molecule has 0 saturated carbocycles. The molecule has 0 spiro atoms. The van der Waals surface area contributed by atoms with E-state index in [4.69, 9.17) is 0 Å². The maximum Gasteiger partial charge on any atom is 0.0715 e. The van der Waals surface area contributed by atoms with E-state index in [1.54, 1.807) is 0 Å². The minimum absolute atomic E-state index is 0.356. The lowest BCUT2D eigenvalue weighted by Gasteiger charge is -2.34. The molecular weight excluding hydrogens is 376 g/mol. The van der Waals surface area contributed by atoms with Crippen LogP contribution in [-0.2, 0) is 5.41 Å². The predicted molar refractivity (Wildman–Crippen MR) is 132 cm³/mol. The standard InChI is InChI=1S/C29H28N2/c1-30(2)23-15-17-25-26-18-16-24(31(3)4)20-28(26)29(27(25)19-23,21-11-7-5-8-12-21)22-13-9-6-10-14-22/h5-20H,1-4H3. The van der Waals surface area contributed by atoms with Crippen molar-refractivity contribution in [1.82, 2.24) is 0 Å². The van der Waals surface area contributed by atoms with Crippen molar-refractivity contribution >= 4 is 11.4 Å². The molecule has 31 heavy (non-hydrogen) atoms. The topological polar surface area (TPSA) is 6.48 Å². The summed E-state index contributed by atoms with van der Waals surface area (Å²) in [7, 11) is 8.45. The third kappa shape index (κ3) is 2.86. The SMILES string of the molecule is CN(C)c1ccc2c(c1)C(c1ccccc1)(c1ccccc1)c1cc(N(C)C)ccc1-2. The number of anilines is 2. The number of benzene rings is 4.